The monoisotopic (exact) mass is 403 g/mol. The van der Waals surface area contributed by atoms with Crippen LogP contribution in [-0.2, 0) is 16.5 Å². The highest BCUT2D eigenvalue weighted by Crippen LogP contribution is 2.44. The number of hydrogen-bond donors (Lipinski definition) is 2. The van der Waals surface area contributed by atoms with E-state index in [2.05, 4.69) is 5.32 Å². The number of halogens is 5. The number of alkyl halides is 3. The van der Waals surface area contributed by atoms with Gasteiger partial charge in [-0.25, -0.2) is 4.39 Å². The number of carbonyl (C=O) groups excluding carboxylic acids is 1. The van der Waals surface area contributed by atoms with Crippen LogP contribution in [0.5, 0.6) is 0 Å². The molecule has 3 rings (SSSR count). The molecule has 0 saturated carbocycles. The van der Waals surface area contributed by atoms with E-state index in [-0.39, 0.29) is 16.4 Å². The zero-order valence-electron chi connectivity index (χ0n) is 14.1. The van der Waals surface area contributed by atoms with E-state index in [4.69, 9.17) is 5.41 Å². The first-order valence-corrected chi connectivity index (χ1v) is 8.53. The van der Waals surface area contributed by atoms with Gasteiger partial charge in [-0.3, -0.25) is 15.1 Å². The highest BCUT2D eigenvalue weighted by Gasteiger charge is 2.49. The minimum absolute atomic E-state index is 0.119. The maximum Gasteiger partial charge on any atom is 0.416 e. The topological polar surface area (TPSA) is 56.2 Å². The number of thiophene rings is 1. The smallest absolute Gasteiger partial charge is 0.345 e. The molecule has 10 heteroatoms. The second kappa shape index (κ2) is 6.29. The highest BCUT2D eigenvalue weighted by molar-refractivity contribution is 7.10. The Kier molecular flexibility index (Phi) is 4.49. The molecule has 1 aromatic heterocycles. The fourth-order valence-electron chi connectivity index (χ4n) is 3.10. The zero-order valence-corrected chi connectivity index (χ0v) is 14.9. The van der Waals surface area contributed by atoms with Crippen molar-refractivity contribution < 1.29 is 26.7 Å². The lowest BCUT2D eigenvalue weighted by atomic mass is 9.77. The van der Waals surface area contributed by atoms with E-state index in [0.717, 1.165) is 35.2 Å². The van der Waals surface area contributed by atoms with Gasteiger partial charge in [0.1, 0.15) is 0 Å². The van der Waals surface area contributed by atoms with Crippen molar-refractivity contribution in [3.8, 4) is 0 Å². The van der Waals surface area contributed by atoms with Gasteiger partial charge in [-0.1, -0.05) is 12.1 Å². The lowest BCUT2D eigenvalue weighted by molar-refractivity contribution is -0.137. The standard InChI is InChI=1S/C17H14F5N3OS/c1-16(11-7-10(18)13(19)27-11)12(14(26)25(2)15(23)24-16)8-3-5-9(6-4-8)17(20,21)22/h3-7,12H,1-2H3,(H2,23,24)/t12-,16-/m1/s1. The summed E-state index contributed by atoms with van der Waals surface area (Å²) in [6, 6.07) is 4.94. The first-order chi connectivity index (χ1) is 12.4. The van der Waals surface area contributed by atoms with Crippen LogP contribution in [0, 0.1) is 16.4 Å². The summed E-state index contributed by atoms with van der Waals surface area (Å²) in [5.74, 6) is -3.03. The number of amides is 1. The lowest BCUT2D eigenvalue weighted by Gasteiger charge is -2.45. The molecule has 2 atom stereocenters. The van der Waals surface area contributed by atoms with E-state index in [1.165, 1.54) is 14.0 Å². The van der Waals surface area contributed by atoms with Crippen LogP contribution in [0.15, 0.2) is 30.3 Å². The third-order valence-electron chi connectivity index (χ3n) is 4.60. The van der Waals surface area contributed by atoms with Gasteiger partial charge in [0.2, 0.25) is 11.0 Å². The molecule has 144 valence electrons. The summed E-state index contributed by atoms with van der Waals surface area (Å²) in [5.41, 5.74) is -2.05. The van der Waals surface area contributed by atoms with Crippen molar-refractivity contribution in [2.75, 3.05) is 7.05 Å². The first-order valence-electron chi connectivity index (χ1n) is 7.72. The number of hydrogen-bond acceptors (Lipinski definition) is 3. The van der Waals surface area contributed by atoms with E-state index in [1.54, 1.807) is 0 Å². The Hall–Kier alpha value is -2.49. The average Bonchev–Trinajstić information content (AvgIpc) is 2.92. The van der Waals surface area contributed by atoms with Crippen LogP contribution >= 0.6 is 11.3 Å². The summed E-state index contributed by atoms with van der Waals surface area (Å²) in [6.07, 6.45) is -4.53. The van der Waals surface area contributed by atoms with Crippen molar-refractivity contribution in [2.45, 2.75) is 24.6 Å². The normalized spacial score (nSPS) is 23.5. The van der Waals surface area contributed by atoms with Gasteiger partial charge in [0.05, 0.1) is 17.0 Å². The SMILES string of the molecule is CN1C(=N)N[C@](C)(c2cc(F)c(F)s2)[C@H](c2ccc(C(F)(F)F)cc2)C1=O. The zero-order chi connectivity index (χ0) is 20.1. The number of nitrogens with zero attached hydrogens (tertiary/aromatic N) is 1. The van der Waals surface area contributed by atoms with Crippen LogP contribution < -0.4 is 5.32 Å². The molecule has 1 amide bonds. The molecule has 1 aliphatic rings. The third-order valence-corrected chi connectivity index (χ3v) is 5.73. The average molecular weight is 403 g/mol. The summed E-state index contributed by atoms with van der Waals surface area (Å²) in [4.78, 5) is 14.0. The number of carbonyl (C=O) groups is 1. The van der Waals surface area contributed by atoms with Gasteiger partial charge in [0.25, 0.3) is 0 Å². The quantitative estimate of drug-likeness (QED) is 0.744. The Labute approximate surface area is 155 Å². The molecule has 0 bridgehead atoms. The summed E-state index contributed by atoms with van der Waals surface area (Å²) >= 11 is 0.479. The molecule has 2 aromatic rings. The van der Waals surface area contributed by atoms with Gasteiger partial charge in [0.15, 0.2) is 11.8 Å². The Morgan fingerprint density at radius 3 is 2.30 bits per heavy atom. The van der Waals surface area contributed by atoms with E-state index in [0.29, 0.717) is 11.3 Å². The molecule has 0 spiro atoms. The van der Waals surface area contributed by atoms with Crippen molar-refractivity contribution in [3.63, 3.8) is 0 Å². The second-order valence-corrected chi connectivity index (χ2v) is 7.36. The molecule has 4 nitrogen and oxygen atoms in total. The molecule has 1 aromatic carbocycles. The molecule has 0 unspecified atom stereocenters. The van der Waals surface area contributed by atoms with Crippen LogP contribution in [0.3, 0.4) is 0 Å². The lowest BCUT2D eigenvalue weighted by Crippen LogP contribution is -2.62. The molecule has 0 radical (unpaired) electrons. The fraction of sp³-hybridized carbons (Fsp3) is 0.294. The number of guanidine groups is 1. The van der Waals surface area contributed by atoms with E-state index in [9.17, 15) is 26.7 Å². The Bertz CT molecular complexity index is 889. The van der Waals surface area contributed by atoms with Crippen molar-refractivity contribution >= 4 is 23.2 Å². The first kappa shape index (κ1) is 19.3. The van der Waals surface area contributed by atoms with Gasteiger partial charge in [-0.15, -0.1) is 11.3 Å². The van der Waals surface area contributed by atoms with Crippen LogP contribution in [0.25, 0.3) is 0 Å². The molecule has 2 N–H and O–H groups in total. The minimum Gasteiger partial charge on any atom is -0.345 e. The highest BCUT2D eigenvalue weighted by atomic mass is 32.1. The number of nitrogens with one attached hydrogen (secondary N) is 2. The number of rotatable bonds is 2. The summed E-state index contributed by atoms with van der Waals surface area (Å²) in [7, 11) is 1.34. The van der Waals surface area contributed by atoms with Gasteiger partial charge in [-0.05, 0) is 30.7 Å². The van der Waals surface area contributed by atoms with Gasteiger partial charge >= 0.3 is 6.18 Å². The third kappa shape index (κ3) is 3.18. The predicted octanol–water partition coefficient (Wildman–Crippen LogP) is 4.04. The molecular weight excluding hydrogens is 389 g/mol. The van der Waals surface area contributed by atoms with Crippen LogP contribution in [0.4, 0.5) is 22.0 Å². The number of likely N-dealkylation sites (N-methyl/N-ethyl adjacent to an activating group) is 1. The molecule has 1 aliphatic heterocycles. The van der Waals surface area contributed by atoms with Crippen molar-refractivity contribution in [2.24, 2.45) is 0 Å². The van der Waals surface area contributed by atoms with Crippen LogP contribution in [-0.4, -0.2) is 23.8 Å². The molecular formula is C17H14F5N3OS. The molecule has 27 heavy (non-hydrogen) atoms. The Morgan fingerprint density at radius 2 is 1.81 bits per heavy atom. The summed E-state index contributed by atoms with van der Waals surface area (Å²) in [6.45, 7) is 1.49. The fourth-order valence-corrected chi connectivity index (χ4v) is 3.99. The van der Waals surface area contributed by atoms with E-state index < -0.39 is 40.1 Å². The molecule has 1 fully saturated rings. The largest absolute Gasteiger partial charge is 0.416 e. The second-order valence-electron chi connectivity index (χ2n) is 6.36. The van der Waals surface area contributed by atoms with E-state index in [1.807, 2.05) is 0 Å². The van der Waals surface area contributed by atoms with Crippen molar-refractivity contribution in [1.82, 2.24) is 10.2 Å². The maximum atomic E-state index is 13.6. The molecule has 2 heterocycles. The maximum absolute atomic E-state index is 13.6. The Balaban J connectivity index is 2.13. The minimum atomic E-state index is -4.53. The molecule has 0 aliphatic carbocycles. The number of benzene rings is 1. The van der Waals surface area contributed by atoms with Gasteiger partial charge in [0, 0.05) is 11.9 Å². The van der Waals surface area contributed by atoms with Gasteiger partial charge in [-0.2, -0.15) is 17.6 Å². The van der Waals surface area contributed by atoms with Crippen LogP contribution in [0.1, 0.15) is 28.8 Å². The van der Waals surface area contributed by atoms with Crippen molar-refractivity contribution in [1.29, 1.82) is 5.41 Å². The van der Waals surface area contributed by atoms with E-state index >= 15 is 0 Å². The van der Waals surface area contributed by atoms with Crippen molar-refractivity contribution in [3.05, 3.63) is 57.3 Å². The summed E-state index contributed by atoms with van der Waals surface area (Å²) < 4.78 is 65.6. The summed E-state index contributed by atoms with van der Waals surface area (Å²) in [5, 5.41) is 9.62. The van der Waals surface area contributed by atoms with Crippen LogP contribution in [0.2, 0.25) is 0 Å². The Morgan fingerprint density at radius 1 is 1.22 bits per heavy atom. The van der Waals surface area contributed by atoms with Gasteiger partial charge < -0.3 is 5.32 Å². The molecule has 1 saturated heterocycles. The predicted molar refractivity (Wildman–Crippen MR) is 89.4 cm³/mol.